The van der Waals surface area contributed by atoms with E-state index in [2.05, 4.69) is 127 Å². The predicted octanol–water partition coefficient (Wildman–Crippen LogP) is 11.3. The Morgan fingerprint density at radius 3 is 1.88 bits per heavy atom. The van der Waals surface area contributed by atoms with E-state index in [0.717, 1.165) is 10.9 Å². The molecule has 1 aliphatic rings. The van der Waals surface area contributed by atoms with Crippen LogP contribution < -0.4 is 0 Å². The molecule has 0 amide bonds. The van der Waals surface area contributed by atoms with Crippen LogP contribution in [0.5, 0.6) is 0 Å². The van der Waals surface area contributed by atoms with Gasteiger partial charge in [0, 0.05) is 42.9 Å². The van der Waals surface area contributed by atoms with Crippen molar-refractivity contribution in [3.8, 4) is 55.6 Å². The summed E-state index contributed by atoms with van der Waals surface area (Å²) < 4.78 is 2.65. The fraction of sp³-hybridized carbons (Fsp3) is 0. The molecule has 1 nitrogen and oxygen atoms in total. The molecule has 0 radical (unpaired) electrons. The molecule has 0 N–H and O–H groups in total. The average molecular weight is 538 g/mol. The van der Waals surface area contributed by atoms with Crippen molar-refractivity contribution in [1.29, 1.82) is 0 Å². The Morgan fingerprint density at radius 1 is 0.390 bits per heavy atom. The first-order chi connectivity index (χ1) is 20.4. The topological polar surface area (TPSA) is 12.9 Å². The van der Waals surface area contributed by atoms with E-state index in [-0.39, 0.29) is 0 Å². The Morgan fingerprint density at radius 2 is 1.00 bits per heavy atom. The molecule has 0 atom stereocenters. The number of pyridine rings is 1. The van der Waals surface area contributed by atoms with Crippen LogP contribution in [-0.2, 0) is 0 Å². The van der Waals surface area contributed by atoms with Gasteiger partial charge in [-0.3, -0.25) is 4.98 Å². The van der Waals surface area contributed by atoms with Crippen molar-refractivity contribution in [2.45, 2.75) is 0 Å². The van der Waals surface area contributed by atoms with Gasteiger partial charge in [-0.1, -0.05) is 121 Å². The van der Waals surface area contributed by atoms with Crippen LogP contribution in [0.4, 0.5) is 0 Å². The third-order valence-corrected chi connectivity index (χ3v) is 9.73. The van der Waals surface area contributed by atoms with Gasteiger partial charge in [0.2, 0.25) is 0 Å². The van der Waals surface area contributed by atoms with Gasteiger partial charge in [-0.25, -0.2) is 0 Å². The number of nitrogens with zero attached hydrogens (tertiary/aromatic N) is 1. The molecule has 0 saturated carbocycles. The summed E-state index contributed by atoms with van der Waals surface area (Å²) in [6.07, 6.45) is 1.92. The van der Waals surface area contributed by atoms with Crippen molar-refractivity contribution in [2.75, 3.05) is 0 Å². The van der Waals surface area contributed by atoms with Crippen LogP contribution in [0.2, 0.25) is 0 Å². The molecular weight excluding hydrogens is 515 g/mol. The lowest BCUT2D eigenvalue weighted by atomic mass is 9.78. The minimum absolute atomic E-state index is 1.04. The second kappa shape index (κ2) is 8.72. The van der Waals surface area contributed by atoms with E-state index in [1.165, 1.54) is 75.8 Å². The molecule has 1 aliphatic carbocycles. The first-order valence-electron chi connectivity index (χ1n) is 14.0. The van der Waals surface area contributed by atoms with E-state index >= 15 is 0 Å². The van der Waals surface area contributed by atoms with Crippen LogP contribution in [0.25, 0.3) is 86.7 Å². The highest BCUT2D eigenvalue weighted by molar-refractivity contribution is 7.26. The average Bonchev–Trinajstić information content (AvgIpc) is 3.42. The molecule has 8 aromatic rings. The third kappa shape index (κ3) is 3.26. The maximum Gasteiger partial charge on any atom is 0.0786 e. The molecule has 0 saturated heterocycles. The molecule has 0 spiro atoms. The maximum absolute atomic E-state index is 4.98. The molecule has 0 fully saturated rings. The Balaban J connectivity index is 1.49. The lowest BCUT2D eigenvalue weighted by molar-refractivity contribution is 1.41. The van der Waals surface area contributed by atoms with E-state index in [9.17, 15) is 0 Å². The normalized spacial score (nSPS) is 11.9. The van der Waals surface area contributed by atoms with E-state index in [1.807, 2.05) is 23.6 Å². The lowest BCUT2D eigenvalue weighted by Crippen LogP contribution is -2.00. The van der Waals surface area contributed by atoms with E-state index in [4.69, 9.17) is 4.98 Å². The van der Waals surface area contributed by atoms with Gasteiger partial charge >= 0.3 is 0 Å². The van der Waals surface area contributed by atoms with Gasteiger partial charge < -0.3 is 0 Å². The van der Waals surface area contributed by atoms with Gasteiger partial charge in [0.15, 0.2) is 0 Å². The van der Waals surface area contributed by atoms with Crippen molar-refractivity contribution >= 4 is 42.4 Å². The summed E-state index contributed by atoms with van der Waals surface area (Å²) in [6.45, 7) is 0. The summed E-state index contributed by atoms with van der Waals surface area (Å²) in [6, 6.07) is 48.8. The van der Waals surface area contributed by atoms with Crippen molar-refractivity contribution in [1.82, 2.24) is 4.98 Å². The standard InChI is InChI=1S/C39H23NS/c1-2-13-27-25(11-1)26-12-3-4-15-29(26)36-30(33-18-8-17-32-28-14-5-6-20-35(28)41-39(32)33)16-7-19-34(36)37-31(27)22-21-24-10-9-23-40-38(24)37/h1-23H. The van der Waals surface area contributed by atoms with Gasteiger partial charge in [-0.05, 0) is 56.6 Å². The largest absolute Gasteiger partial charge is 0.256 e. The predicted molar refractivity (Wildman–Crippen MR) is 175 cm³/mol. The van der Waals surface area contributed by atoms with Crippen LogP contribution in [0.3, 0.4) is 0 Å². The summed E-state index contributed by atoms with van der Waals surface area (Å²) in [4.78, 5) is 4.98. The van der Waals surface area contributed by atoms with Gasteiger partial charge in [-0.2, -0.15) is 0 Å². The Labute approximate surface area is 242 Å². The summed E-state index contributed by atoms with van der Waals surface area (Å²) in [5.74, 6) is 0. The molecule has 0 unspecified atom stereocenters. The van der Waals surface area contributed by atoms with Crippen molar-refractivity contribution < 1.29 is 0 Å². The van der Waals surface area contributed by atoms with Crippen molar-refractivity contribution in [3.63, 3.8) is 0 Å². The molecule has 2 heteroatoms. The minimum atomic E-state index is 1.04. The third-order valence-electron chi connectivity index (χ3n) is 8.51. The molecule has 0 bridgehead atoms. The summed E-state index contributed by atoms with van der Waals surface area (Å²) in [5, 5.41) is 3.79. The number of aromatic nitrogens is 1. The number of hydrogen-bond acceptors (Lipinski definition) is 2. The van der Waals surface area contributed by atoms with E-state index in [1.54, 1.807) is 0 Å². The minimum Gasteiger partial charge on any atom is -0.256 e. The maximum atomic E-state index is 4.98. The molecule has 6 aromatic carbocycles. The highest BCUT2D eigenvalue weighted by atomic mass is 32.1. The number of fused-ring (bicyclic) bond motifs is 13. The van der Waals surface area contributed by atoms with Gasteiger partial charge in [0.05, 0.1) is 5.52 Å². The molecule has 2 heterocycles. The van der Waals surface area contributed by atoms with Crippen molar-refractivity contribution in [3.05, 3.63) is 140 Å². The molecule has 2 aromatic heterocycles. The van der Waals surface area contributed by atoms with Crippen LogP contribution in [0.1, 0.15) is 0 Å². The Bertz CT molecular complexity index is 2320. The van der Waals surface area contributed by atoms with Gasteiger partial charge in [-0.15, -0.1) is 11.3 Å². The SMILES string of the molecule is c1ccc2c(c1)-c1ccccc1-c1c(cccc1-c1cccc3c1sc1ccccc13)-c1c-2ccc2cccnc12. The first kappa shape index (κ1) is 22.7. The quantitative estimate of drug-likeness (QED) is 0.203. The van der Waals surface area contributed by atoms with Gasteiger partial charge in [0.25, 0.3) is 0 Å². The Kier molecular flexibility index (Phi) is 4.84. The van der Waals surface area contributed by atoms with Crippen LogP contribution in [0, 0.1) is 0 Å². The van der Waals surface area contributed by atoms with Crippen molar-refractivity contribution in [2.24, 2.45) is 0 Å². The second-order valence-corrected chi connectivity index (χ2v) is 11.7. The summed E-state index contributed by atoms with van der Waals surface area (Å²) >= 11 is 1.89. The second-order valence-electron chi connectivity index (χ2n) is 10.7. The fourth-order valence-corrected chi connectivity index (χ4v) is 8.00. The first-order valence-corrected chi connectivity index (χ1v) is 14.8. The highest BCUT2D eigenvalue weighted by Crippen LogP contribution is 2.53. The summed E-state index contributed by atoms with van der Waals surface area (Å²) in [5.41, 5.74) is 13.5. The zero-order valence-corrected chi connectivity index (χ0v) is 23.0. The number of benzene rings is 6. The molecule has 190 valence electrons. The Hall–Kier alpha value is -5.05. The smallest absolute Gasteiger partial charge is 0.0786 e. The van der Waals surface area contributed by atoms with Crippen LogP contribution in [-0.4, -0.2) is 4.98 Å². The number of thiophene rings is 1. The molecule has 41 heavy (non-hydrogen) atoms. The van der Waals surface area contributed by atoms with Crippen LogP contribution in [0.15, 0.2) is 140 Å². The molecular formula is C39H23NS. The lowest BCUT2D eigenvalue weighted by Gasteiger charge is -2.26. The fourth-order valence-electron chi connectivity index (χ4n) is 6.77. The monoisotopic (exact) mass is 537 g/mol. The van der Waals surface area contributed by atoms with E-state index < -0.39 is 0 Å². The zero-order valence-electron chi connectivity index (χ0n) is 22.1. The summed E-state index contributed by atoms with van der Waals surface area (Å²) in [7, 11) is 0. The van der Waals surface area contributed by atoms with Gasteiger partial charge in [0.1, 0.15) is 0 Å². The van der Waals surface area contributed by atoms with E-state index in [0.29, 0.717) is 0 Å². The number of rotatable bonds is 1. The van der Waals surface area contributed by atoms with Crippen LogP contribution >= 0.6 is 11.3 Å². The highest BCUT2D eigenvalue weighted by Gasteiger charge is 2.26. The molecule has 9 rings (SSSR count). The molecule has 0 aliphatic heterocycles. The number of hydrogen-bond donors (Lipinski definition) is 0. The zero-order chi connectivity index (χ0) is 26.9.